The lowest BCUT2D eigenvalue weighted by Crippen LogP contribution is -2.03. The first kappa shape index (κ1) is 11.2. The predicted molar refractivity (Wildman–Crippen MR) is 48.3 cm³/mol. The highest BCUT2D eigenvalue weighted by atomic mass is 31.2. The molecule has 0 radical (unpaired) electrons. The molecule has 0 saturated heterocycles. The molecule has 0 heterocycles. The quantitative estimate of drug-likeness (QED) is 0.653. The molecule has 0 aliphatic heterocycles. The summed E-state index contributed by atoms with van der Waals surface area (Å²) in [5, 5.41) is 0. The molecule has 0 aromatic heterocycles. The zero-order valence-electron chi connectivity index (χ0n) is 7.87. The second kappa shape index (κ2) is 5.08. The van der Waals surface area contributed by atoms with E-state index in [4.69, 9.17) is 0 Å². The summed E-state index contributed by atoms with van der Waals surface area (Å²) in [6.07, 6.45) is 4.43. The van der Waals surface area contributed by atoms with Crippen molar-refractivity contribution in [1.82, 2.24) is 0 Å². The summed E-state index contributed by atoms with van der Waals surface area (Å²) < 4.78 is 32.7. The van der Waals surface area contributed by atoms with Gasteiger partial charge in [-0.1, -0.05) is 12.8 Å². The SMILES string of the molecule is CCOP(=O)(F)OCC1CCCC1. The maximum absolute atomic E-state index is 12.9. The maximum atomic E-state index is 12.9. The molecule has 1 unspecified atom stereocenters. The second-order valence-electron chi connectivity index (χ2n) is 3.29. The van der Waals surface area contributed by atoms with Crippen LogP contribution in [0.4, 0.5) is 4.20 Å². The van der Waals surface area contributed by atoms with Gasteiger partial charge in [0.1, 0.15) is 0 Å². The Morgan fingerprint density at radius 2 is 2.00 bits per heavy atom. The van der Waals surface area contributed by atoms with Gasteiger partial charge in [0.15, 0.2) is 0 Å². The van der Waals surface area contributed by atoms with Crippen LogP contribution in [-0.2, 0) is 13.6 Å². The normalized spacial score (nSPS) is 23.2. The molecule has 0 bridgehead atoms. The van der Waals surface area contributed by atoms with Crippen molar-refractivity contribution in [2.24, 2.45) is 5.92 Å². The Morgan fingerprint density at radius 3 is 2.54 bits per heavy atom. The highest BCUT2D eigenvalue weighted by molar-refractivity contribution is 7.48. The van der Waals surface area contributed by atoms with Crippen LogP contribution < -0.4 is 0 Å². The van der Waals surface area contributed by atoms with Crippen molar-refractivity contribution < 1.29 is 17.8 Å². The molecule has 5 heteroatoms. The summed E-state index contributed by atoms with van der Waals surface area (Å²) in [4.78, 5) is 0. The minimum absolute atomic E-state index is 0.0818. The summed E-state index contributed by atoms with van der Waals surface area (Å²) in [6, 6.07) is 0. The van der Waals surface area contributed by atoms with Crippen LogP contribution in [0.2, 0.25) is 0 Å². The molecule has 0 aromatic rings. The van der Waals surface area contributed by atoms with E-state index in [9.17, 15) is 8.76 Å². The second-order valence-corrected chi connectivity index (χ2v) is 4.67. The first-order valence-corrected chi connectivity index (χ1v) is 6.16. The van der Waals surface area contributed by atoms with Gasteiger partial charge < -0.3 is 0 Å². The Hall–Kier alpha value is 0.0800. The largest absolute Gasteiger partial charge is 0.513 e. The van der Waals surface area contributed by atoms with Crippen LogP contribution in [0.15, 0.2) is 0 Å². The van der Waals surface area contributed by atoms with Crippen LogP contribution in [0.3, 0.4) is 0 Å². The van der Waals surface area contributed by atoms with Crippen LogP contribution >= 0.6 is 7.91 Å². The van der Waals surface area contributed by atoms with E-state index in [-0.39, 0.29) is 13.2 Å². The molecule has 1 rings (SSSR count). The third-order valence-electron chi connectivity index (χ3n) is 2.22. The molecule has 0 aromatic carbocycles. The number of hydrogen-bond donors (Lipinski definition) is 0. The van der Waals surface area contributed by atoms with Crippen molar-refractivity contribution in [3.8, 4) is 0 Å². The van der Waals surface area contributed by atoms with Gasteiger partial charge in [-0.3, -0.25) is 9.05 Å². The average molecular weight is 210 g/mol. The lowest BCUT2D eigenvalue weighted by Gasteiger charge is -2.12. The van der Waals surface area contributed by atoms with Crippen molar-refractivity contribution >= 4 is 7.91 Å². The van der Waals surface area contributed by atoms with E-state index in [1.807, 2.05) is 0 Å². The predicted octanol–water partition coefficient (Wildman–Crippen LogP) is 3.31. The van der Waals surface area contributed by atoms with Crippen LogP contribution in [0, 0.1) is 5.92 Å². The topological polar surface area (TPSA) is 35.5 Å². The standard InChI is InChI=1S/C8H16FO3P/c1-2-11-13(9,10)12-7-8-5-3-4-6-8/h8H,2-7H2,1H3. The van der Waals surface area contributed by atoms with E-state index < -0.39 is 7.91 Å². The van der Waals surface area contributed by atoms with Crippen molar-refractivity contribution in [2.75, 3.05) is 13.2 Å². The zero-order chi connectivity index (χ0) is 9.73. The molecule has 1 saturated carbocycles. The molecule has 1 atom stereocenters. The Labute approximate surface area is 78.3 Å². The maximum Gasteiger partial charge on any atom is 0.513 e. The fourth-order valence-corrected chi connectivity index (χ4v) is 2.33. The van der Waals surface area contributed by atoms with Gasteiger partial charge in [-0.05, 0) is 25.7 Å². The monoisotopic (exact) mass is 210 g/mol. The number of halogens is 1. The van der Waals surface area contributed by atoms with Gasteiger partial charge >= 0.3 is 7.91 Å². The van der Waals surface area contributed by atoms with Gasteiger partial charge in [-0.15, -0.1) is 4.20 Å². The molecule has 1 aliphatic carbocycles. The van der Waals surface area contributed by atoms with Gasteiger partial charge in [0.25, 0.3) is 0 Å². The van der Waals surface area contributed by atoms with Crippen molar-refractivity contribution in [3.63, 3.8) is 0 Å². The highest BCUT2D eigenvalue weighted by Gasteiger charge is 2.26. The van der Waals surface area contributed by atoms with Crippen molar-refractivity contribution in [2.45, 2.75) is 32.6 Å². The summed E-state index contributed by atoms with van der Waals surface area (Å²) in [7, 11) is -4.24. The lowest BCUT2D eigenvalue weighted by molar-refractivity contribution is 0.158. The fraction of sp³-hybridized carbons (Fsp3) is 1.00. The highest BCUT2D eigenvalue weighted by Crippen LogP contribution is 2.50. The Balaban J connectivity index is 2.20. The molecule has 0 spiro atoms. The van der Waals surface area contributed by atoms with Crippen LogP contribution in [0.25, 0.3) is 0 Å². The molecule has 78 valence electrons. The Morgan fingerprint density at radius 1 is 1.38 bits per heavy atom. The first-order chi connectivity index (χ1) is 6.14. The van der Waals surface area contributed by atoms with Crippen LogP contribution in [0.1, 0.15) is 32.6 Å². The molecule has 3 nitrogen and oxygen atoms in total. The fourth-order valence-electron chi connectivity index (χ4n) is 1.56. The summed E-state index contributed by atoms with van der Waals surface area (Å²) >= 11 is 0. The van der Waals surface area contributed by atoms with E-state index in [0.29, 0.717) is 5.92 Å². The number of hydrogen-bond acceptors (Lipinski definition) is 3. The first-order valence-electron chi connectivity index (χ1n) is 4.73. The summed E-state index contributed by atoms with van der Waals surface area (Å²) in [6.45, 7) is 1.90. The summed E-state index contributed by atoms with van der Waals surface area (Å²) in [5.41, 5.74) is 0. The van der Waals surface area contributed by atoms with E-state index in [2.05, 4.69) is 9.05 Å². The van der Waals surface area contributed by atoms with Gasteiger partial charge in [0.2, 0.25) is 0 Å². The smallest absolute Gasteiger partial charge is 0.284 e. The van der Waals surface area contributed by atoms with E-state index in [1.165, 1.54) is 12.8 Å². The minimum atomic E-state index is -4.24. The van der Waals surface area contributed by atoms with Gasteiger partial charge in [-0.2, -0.15) is 0 Å². The lowest BCUT2D eigenvalue weighted by atomic mass is 10.1. The third kappa shape index (κ3) is 4.21. The molecule has 13 heavy (non-hydrogen) atoms. The van der Waals surface area contributed by atoms with Crippen LogP contribution in [0.5, 0.6) is 0 Å². The van der Waals surface area contributed by atoms with Crippen molar-refractivity contribution in [1.29, 1.82) is 0 Å². The molecule has 1 fully saturated rings. The molecule has 1 aliphatic rings. The van der Waals surface area contributed by atoms with Gasteiger partial charge in [0, 0.05) is 0 Å². The number of rotatable bonds is 5. The Kier molecular flexibility index (Phi) is 4.36. The molecular weight excluding hydrogens is 194 g/mol. The summed E-state index contributed by atoms with van der Waals surface area (Å²) in [5.74, 6) is 0.365. The van der Waals surface area contributed by atoms with E-state index >= 15 is 0 Å². The Bertz CT molecular complexity index is 192. The minimum Gasteiger partial charge on any atom is -0.284 e. The van der Waals surface area contributed by atoms with Crippen LogP contribution in [-0.4, -0.2) is 13.2 Å². The molecule has 0 amide bonds. The van der Waals surface area contributed by atoms with Crippen molar-refractivity contribution in [3.05, 3.63) is 0 Å². The van der Waals surface area contributed by atoms with E-state index in [1.54, 1.807) is 6.92 Å². The molecule has 0 N–H and O–H groups in total. The van der Waals surface area contributed by atoms with Gasteiger partial charge in [-0.25, -0.2) is 4.57 Å². The average Bonchev–Trinajstić information content (AvgIpc) is 2.52. The zero-order valence-corrected chi connectivity index (χ0v) is 8.76. The third-order valence-corrected chi connectivity index (χ3v) is 3.25. The van der Waals surface area contributed by atoms with Gasteiger partial charge in [0.05, 0.1) is 13.2 Å². The molecular formula is C8H16FO3P. The van der Waals surface area contributed by atoms with E-state index in [0.717, 1.165) is 12.8 Å².